The summed E-state index contributed by atoms with van der Waals surface area (Å²) in [6.07, 6.45) is 2.97. The van der Waals surface area contributed by atoms with E-state index in [0.717, 1.165) is 28.7 Å². The summed E-state index contributed by atoms with van der Waals surface area (Å²) < 4.78 is 0.945. The third-order valence-corrected chi connectivity index (χ3v) is 4.70. The third kappa shape index (κ3) is 2.18. The van der Waals surface area contributed by atoms with Gasteiger partial charge in [-0.3, -0.25) is 0 Å². The summed E-state index contributed by atoms with van der Waals surface area (Å²) in [7, 11) is 1.83. The van der Waals surface area contributed by atoms with E-state index in [4.69, 9.17) is 0 Å². The second kappa shape index (κ2) is 4.46. The quantitative estimate of drug-likeness (QED) is 0.827. The number of anilines is 1. The molecule has 1 fully saturated rings. The fraction of sp³-hybridized carbons (Fsp3) is 0.750. The van der Waals surface area contributed by atoms with Crippen LogP contribution in [0.25, 0.3) is 0 Å². The molecule has 0 radical (unpaired) electrons. The van der Waals surface area contributed by atoms with Crippen LogP contribution < -0.4 is 5.32 Å². The molecule has 14 heavy (non-hydrogen) atoms. The van der Waals surface area contributed by atoms with Gasteiger partial charge in [0.1, 0.15) is 0 Å². The Morgan fingerprint density at radius 1 is 1.50 bits per heavy atom. The van der Waals surface area contributed by atoms with Crippen molar-refractivity contribution in [3.63, 3.8) is 0 Å². The molecule has 78 valence electrons. The van der Waals surface area contributed by atoms with Crippen molar-refractivity contribution in [3.05, 3.63) is 0 Å². The molecule has 6 heteroatoms. The smallest absolute Gasteiger partial charge is 0.206 e. The maximum absolute atomic E-state index is 9.63. The highest BCUT2D eigenvalue weighted by molar-refractivity contribution is 8.01. The number of rotatable bonds is 3. The van der Waals surface area contributed by atoms with Crippen molar-refractivity contribution in [1.29, 1.82) is 0 Å². The van der Waals surface area contributed by atoms with Gasteiger partial charge in [-0.15, -0.1) is 10.2 Å². The number of nitrogens with zero attached hydrogens (tertiary/aromatic N) is 2. The van der Waals surface area contributed by atoms with Gasteiger partial charge < -0.3 is 10.4 Å². The zero-order valence-corrected chi connectivity index (χ0v) is 9.57. The highest BCUT2D eigenvalue weighted by Gasteiger charge is 2.27. The average molecular weight is 231 g/mol. The van der Waals surface area contributed by atoms with Crippen LogP contribution in [0.1, 0.15) is 19.3 Å². The van der Waals surface area contributed by atoms with Crippen molar-refractivity contribution in [2.24, 2.45) is 0 Å². The molecule has 2 unspecified atom stereocenters. The first-order valence-corrected chi connectivity index (χ1v) is 6.35. The molecule has 4 nitrogen and oxygen atoms in total. The van der Waals surface area contributed by atoms with E-state index in [1.807, 2.05) is 7.05 Å². The summed E-state index contributed by atoms with van der Waals surface area (Å²) in [6, 6.07) is 0. The van der Waals surface area contributed by atoms with E-state index in [-0.39, 0.29) is 6.10 Å². The van der Waals surface area contributed by atoms with Crippen molar-refractivity contribution in [3.8, 4) is 0 Å². The van der Waals surface area contributed by atoms with Crippen LogP contribution in [-0.4, -0.2) is 33.7 Å². The van der Waals surface area contributed by atoms with E-state index in [2.05, 4.69) is 15.5 Å². The number of hydrogen-bond donors (Lipinski definition) is 2. The highest BCUT2D eigenvalue weighted by Crippen LogP contribution is 2.36. The molecule has 2 N–H and O–H groups in total. The van der Waals surface area contributed by atoms with E-state index < -0.39 is 0 Å². The normalized spacial score (nSPS) is 26.7. The van der Waals surface area contributed by atoms with Crippen LogP contribution in [0.3, 0.4) is 0 Å². The van der Waals surface area contributed by atoms with Gasteiger partial charge in [-0.1, -0.05) is 23.1 Å². The molecule has 1 aromatic heterocycles. The average Bonchev–Trinajstić information content (AvgIpc) is 2.77. The number of hydrogen-bond acceptors (Lipinski definition) is 6. The van der Waals surface area contributed by atoms with Gasteiger partial charge in [-0.2, -0.15) is 0 Å². The lowest BCUT2D eigenvalue weighted by Crippen LogP contribution is -2.14. The van der Waals surface area contributed by atoms with Crippen molar-refractivity contribution < 1.29 is 5.11 Å². The predicted molar refractivity (Wildman–Crippen MR) is 59.0 cm³/mol. The second-order valence-electron chi connectivity index (χ2n) is 3.28. The summed E-state index contributed by atoms with van der Waals surface area (Å²) in [5.74, 6) is 0. The standard InChI is InChI=1S/C8H13N3OS2/c1-9-7-10-11-8(14-7)13-6-4-2-3-5(6)12/h5-6,12H,2-4H2,1H3,(H,9,10). The molecule has 0 amide bonds. The lowest BCUT2D eigenvalue weighted by atomic mass is 10.3. The lowest BCUT2D eigenvalue weighted by molar-refractivity contribution is 0.188. The van der Waals surface area contributed by atoms with Gasteiger partial charge in [-0.05, 0) is 19.3 Å². The molecule has 1 aromatic rings. The van der Waals surface area contributed by atoms with Gasteiger partial charge >= 0.3 is 0 Å². The van der Waals surface area contributed by atoms with E-state index >= 15 is 0 Å². The minimum atomic E-state index is -0.165. The molecule has 0 aromatic carbocycles. The molecule has 2 rings (SSSR count). The molecule has 0 bridgehead atoms. The highest BCUT2D eigenvalue weighted by atomic mass is 32.2. The zero-order valence-electron chi connectivity index (χ0n) is 7.93. The van der Waals surface area contributed by atoms with Gasteiger partial charge in [0.15, 0.2) is 4.34 Å². The third-order valence-electron chi connectivity index (χ3n) is 2.29. The summed E-state index contributed by atoms with van der Waals surface area (Å²) in [5, 5.41) is 21.7. The van der Waals surface area contributed by atoms with Crippen LogP contribution in [0, 0.1) is 0 Å². The summed E-state index contributed by atoms with van der Waals surface area (Å²) in [5.41, 5.74) is 0. The summed E-state index contributed by atoms with van der Waals surface area (Å²) in [4.78, 5) is 0. The maximum Gasteiger partial charge on any atom is 0.206 e. The van der Waals surface area contributed by atoms with Crippen LogP contribution in [0.15, 0.2) is 4.34 Å². The summed E-state index contributed by atoms with van der Waals surface area (Å²) >= 11 is 3.19. The Balaban J connectivity index is 1.96. The molecule has 2 atom stereocenters. The molecule has 1 saturated carbocycles. The van der Waals surface area contributed by atoms with E-state index in [9.17, 15) is 5.11 Å². The Morgan fingerprint density at radius 2 is 2.36 bits per heavy atom. The van der Waals surface area contributed by atoms with Gasteiger partial charge in [0.05, 0.1) is 6.10 Å². The SMILES string of the molecule is CNc1nnc(SC2CCCC2O)s1. The Kier molecular flexibility index (Phi) is 3.25. The Bertz CT molecular complexity index is 305. The number of thioether (sulfide) groups is 1. The molecule has 0 spiro atoms. The van der Waals surface area contributed by atoms with Crippen molar-refractivity contribution in [2.75, 3.05) is 12.4 Å². The van der Waals surface area contributed by atoms with E-state index in [1.165, 1.54) is 0 Å². The van der Waals surface area contributed by atoms with Gasteiger partial charge in [0.25, 0.3) is 0 Å². The molecule has 1 aliphatic carbocycles. The van der Waals surface area contributed by atoms with Crippen LogP contribution >= 0.6 is 23.1 Å². The second-order valence-corrected chi connectivity index (χ2v) is 5.74. The molecular weight excluding hydrogens is 218 g/mol. The van der Waals surface area contributed by atoms with Gasteiger partial charge in [0.2, 0.25) is 5.13 Å². The first-order chi connectivity index (χ1) is 6.79. The largest absolute Gasteiger partial charge is 0.392 e. The maximum atomic E-state index is 9.63. The topological polar surface area (TPSA) is 58.0 Å². The lowest BCUT2D eigenvalue weighted by Gasteiger charge is -2.10. The van der Waals surface area contributed by atoms with Crippen LogP contribution in [0.4, 0.5) is 5.13 Å². The fourth-order valence-corrected chi connectivity index (χ4v) is 3.69. The van der Waals surface area contributed by atoms with E-state index in [1.54, 1.807) is 23.1 Å². The van der Waals surface area contributed by atoms with E-state index in [0.29, 0.717) is 5.25 Å². The Hall–Kier alpha value is -0.330. The first-order valence-electron chi connectivity index (χ1n) is 4.65. The molecule has 1 heterocycles. The molecule has 0 saturated heterocycles. The minimum absolute atomic E-state index is 0.165. The fourth-order valence-electron chi connectivity index (χ4n) is 1.53. The first kappa shape index (κ1) is 10.2. The predicted octanol–water partition coefficient (Wildman–Crippen LogP) is 1.59. The number of aliphatic hydroxyl groups excluding tert-OH is 1. The Morgan fingerprint density at radius 3 is 2.93 bits per heavy atom. The number of aliphatic hydroxyl groups is 1. The van der Waals surface area contributed by atoms with Crippen molar-refractivity contribution in [2.45, 2.75) is 35.0 Å². The van der Waals surface area contributed by atoms with Gasteiger partial charge in [-0.25, -0.2) is 0 Å². The van der Waals surface area contributed by atoms with Gasteiger partial charge in [0, 0.05) is 12.3 Å². The summed E-state index contributed by atoms with van der Waals surface area (Å²) in [6.45, 7) is 0. The molecule has 1 aliphatic rings. The van der Waals surface area contributed by atoms with Crippen LogP contribution in [0.5, 0.6) is 0 Å². The minimum Gasteiger partial charge on any atom is -0.392 e. The molecular formula is C8H13N3OS2. The monoisotopic (exact) mass is 231 g/mol. The number of aromatic nitrogens is 2. The van der Waals surface area contributed by atoms with Crippen LogP contribution in [-0.2, 0) is 0 Å². The van der Waals surface area contributed by atoms with Crippen molar-refractivity contribution in [1.82, 2.24) is 10.2 Å². The number of nitrogens with one attached hydrogen (secondary N) is 1. The van der Waals surface area contributed by atoms with Crippen molar-refractivity contribution >= 4 is 28.2 Å². The van der Waals surface area contributed by atoms with Crippen LogP contribution in [0.2, 0.25) is 0 Å². The molecule has 0 aliphatic heterocycles. The Labute approximate surface area is 91.1 Å². The zero-order chi connectivity index (χ0) is 9.97.